The van der Waals surface area contributed by atoms with Crippen LogP contribution in [0, 0.1) is 0 Å². The van der Waals surface area contributed by atoms with Crippen molar-refractivity contribution >= 4 is 14.3 Å². The molecule has 1 atom stereocenters. The molecule has 1 unspecified atom stereocenters. The summed E-state index contributed by atoms with van der Waals surface area (Å²) in [5.74, 6) is -0.245. The molecule has 184 valence electrons. The third kappa shape index (κ3) is 22.3. The van der Waals surface area contributed by atoms with E-state index in [4.69, 9.17) is 4.43 Å². The molecular weight excluding hydrogens is 404 g/mol. The van der Waals surface area contributed by atoms with Crippen LogP contribution in [0.1, 0.15) is 123 Å². The lowest BCUT2D eigenvalue weighted by molar-refractivity contribution is -0.136. The fourth-order valence-electron chi connectivity index (χ4n) is 3.73. The van der Waals surface area contributed by atoms with Gasteiger partial charge in [-0.1, -0.05) is 117 Å². The zero-order valence-corrected chi connectivity index (χ0v) is 22.1. The highest BCUT2D eigenvalue weighted by Gasteiger charge is 2.24. The number of rotatable bonds is 20. The Morgan fingerprint density at radius 2 is 1.16 bits per heavy atom. The monoisotopic (exact) mass is 456 g/mol. The van der Waals surface area contributed by atoms with Crippen LogP contribution in [0.15, 0.2) is 12.3 Å². The van der Waals surface area contributed by atoms with Crippen LogP contribution in [0.5, 0.6) is 0 Å². The van der Waals surface area contributed by atoms with Crippen LogP contribution >= 0.6 is 0 Å². The average molecular weight is 457 g/mol. The van der Waals surface area contributed by atoms with Crippen LogP contribution < -0.4 is 0 Å². The fourth-order valence-corrected chi connectivity index (χ4v) is 5.86. The van der Waals surface area contributed by atoms with Crippen molar-refractivity contribution in [3.8, 4) is 0 Å². The summed E-state index contributed by atoms with van der Waals surface area (Å²) in [5.41, 5.74) is 0. The molecule has 0 aromatic carbocycles. The van der Waals surface area contributed by atoms with Gasteiger partial charge in [0.15, 0.2) is 8.32 Å². The minimum atomic E-state index is -1.64. The van der Waals surface area contributed by atoms with Crippen molar-refractivity contribution in [2.24, 2.45) is 0 Å². The van der Waals surface area contributed by atoms with Gasteiger partial charge >= 0.3 is 5.97 Å². The minimum absolute atomic E-state index is 0.245. The summed E-state index contributed by atoms with van der Waals surface area (Å²) in [6.07, 6.45) is 25.5. The van der Waals surface area contributed by atoms with Crippen molar-refractivity contribution in [2.45, 2.75) is 148 Å². The lowest BCUT2D eigenvalue weighted by Crippen LogP contribution is -2.35. The van der Waals surface area contributed by atoms with Gasteiger partial charge < -0.3 is 14.3 Å². The summed E-state index contributed by atoms with van der Waals surface area (Å²) in [4.78, 5) is 9.59. The molecule has 0 amide bonds. The van der Waals surface area contributed by atoms with Crippen molar-refractivity contribution in [1.29, 1.82) is 0 Å². The predicted molar refractivity (Wildman–Crippen MR) is 134 cm³/mol. The first-order chi connectivity index (χ1) is 14.9. The molecule has 1 aliphatic heterocycles. The number of ether oxygens (including phenoxy) is 1. The first-order valence-electron chi connectivity index (χ1n) is 13.1. The van der Waals surface area contributed by atoms with Crippen LogP contribution in [0.4, 0.5) is 0 Å². The Kier molecular flexibility index (Phi) is 20.8. The standard InChI is InChI=1S/C23H50O2Si.C3H2O2/c1-5-7-8-9-10-11-12-13-14-15-16-17-18-19-20-21-22-26(3,4)25-23(24)6-2;4-3-1-2-5-3/h23-24H,5-22H2,1-4H3;1-2H. The van der Waals surface area contributed by atoms with E-state index in [0.717, 1.165) is 0 Å². The van der Waals surface area contributed by atoms with E-state index in [1.807, 2.05) is 6.92 Å². The Balaban J connectivity index is 0.00000156. The summed E-state index contributed by atoms with van der Waals surface area (Å²) >= 11 is 0. The zero-order chi connectivity index (χ0) is 23.2. The van der Waals surface area contributed by atoms with Crippen molar-refractivity contribution in [3.05, 3.63) is 12.3 Å². The first-order valence-corrected chi connectivity index (χ1v) is 16.3. The van der Waals surface area contributed by atoms with E-state index in [0.29, 0.717) is 6.42 Å². The number of hydrogen-bond acceptors (Lipinski definition) is 4. The molecule has 0 radical (unpaired) electrons. The van der Waals surface area contributed by atoms with Gasteiger partial charge in [0, 0.05) is 0 Å². The van der Waals surface area contributed by atoms with E-state index in [-0.39, 0.29) is 5.97 Å². The predicted octanol–water partition coefficient (Wildman–Crippen LogP) is 8.25. The second-order valence-electron chi connectivity index (χ2n) is 9.53. The quantitative estimate of drug-likeness (QED) is 0.0867. The highest BCUT2D eigenvalue weighted by molar-refractivity contribution is 6.71. The summed E-state index contributed by atoms with van der Waals surface area (Å²) in [5, 5.41) is 9.64. The summed E-state index contributed by atoms with van der Waals surface area (Å²) in [6.45, 7) is 8.73. The van der Waals surface area contributed by atoms with Gasteiger partial charge in [0.2, 0.25) is 0 Å². The van der Waals surface area contributed by atoms with Crippen LogP contribution in [-0.4, -0.2) is 25.7 Å². The molecule has 0 saturated carbocycles. The first kappa shape index (κ1) is 30.3. The maximum atomic E-state index is 9.64. The molecule has 1 aliphatic rings. The maximum Gasteiger partial charge on any atom is 0.338 e. The molecule has 0 aromatic heterocycles. The molecule has 31 heavy (non-hydrogen) atoms. The second-order valence-corrected chi connectivity index (χ2v) is 13.8. The van der Waals surface area contributed by atoms with Crippen LogP contribution in [0.3, 0.4) is 0 Å². The summed E-state index contributed by atoms with van der Waals surface area (Å²) < 4.78 is 9.92. The second kappa shape index (κ2) is 21.2. The zero-order valence-electron chi connectivity index (χ0n) is 21.1. The molecule has 1 rings (SSSR count). The number of carbonyl (C=O) groups is 1. The molecule has 0 aromatic rings. The lowest BCUT2D eigenvalue weighted by Gasteiger charge is -2.25. The van der Waals surface area contributed by atoms with Gasteiger partial charge in [-0.15, -0.1) is 0 Å². The van der Waals surface area contributed by atoms with Crippen molar-refractivity contribution in [3.63, 3.8) is 0 Å². The largest absolute Gasteiger partial charge is 0.431 e. The van der Waals surface area contributed by atoms with E-state index in [2.05, 4.69) is 24.8 Å². The van der Waals surface area contributed by atoms with Gasteiger partial charge in [-0.3, -0.25) is 0 Å². The number of aliphatic hydroxyl groups excluding tert-OH is 1. The normalized spacial score (nSPS) is 13.9. The van der Waals surface area contributed by atoms with E-state index in [1.54, 1.807) is 0 Å². The summed E-state index contributed by atoms with van der Waals surface area (Å²) in [7, 11) is -1.64. The van der Waals surface area contributed by atoms with Gasteiger partial charge in [0.25, 0.3) is 0 Å². The van der Waals surface area contributed by atoms with E-state index in [1.165, 1.54) is 121 Å². The molecule has 0 bridgehead atoms. The van der Waals surface area contributed by atoms with E-state index >= 15 is 0 Å². The molecular formula is C26H52O4Si. The molecule has 0 spiro atoms. The number of aliphatic hydroxyl groups is 1. The third-order valence-corrected chi connectivity index (χ3v) is 8.29. The molecule has 4 nitrogen and oxygen atoms in total. The van der Waals surface area contributed by atoms with Crippen molar-refractivity contribution in [1.82, 2.24) is 0 Å². The van der Waals surface area contributed by atoms with E-state index in [9.17, 15) is 9.90 Å². The Bertz CT molecular complexity index is 437. The van der Waals surface area contributed by atoms with E-state index < -0.39 is 14.6 Å². The molecule has 0 fully saturated rings. The van der Waals surface area contributed by atoms with Crippen LogP contribution in [0.2, 0.25) is 19.1 Å². The van der Waals surface area contributed by atoms with Gasteiger partial charge in [-0.2, -0.15) is 0 Å². The van der Waals surface area contributed by atoms with Crippen molar-refractivity contribution in [2.75, 3.05) is 0 Å². The topological polar surface area (TPSA) is 55.8 Å². The molecule has 5 heteroatoms. The summed E-state index contributed by atoms with van der Waals surface area (Å²) in [6, 6.07) is 1.18. The van der Waals surface area contributed by atoms with Gasteiger partial charge in [0.05, 0.1) is 6.08 Å². The van der Waals surface area contributed by atoms with Crippen molar-refractivity contribution < 1.29 is 19.1 Å². The molecule has 1 N–H and O–H groups in total. The fraction of sp³-hybridized carbons (Fsp3) is 0.885. The van der Waals surface area contributed by atoms with Gasteiger partial charge in [-0.05, 0) is 25.6 Å². The van der Waals surface area contributed by atoms with Gasteiger partial charge in [0.1, 0.15) is 12.6 Å². The third-order valence-electron chi connectivity index (χ3n) is 5.83. The Hall–Kier alpha value is -0.653. The smallest absolute Gasteiger partial charge is 0.338 e. The number of carbonyl (C=O) groups excluding carboxylic acids is 1. The average Bonchev–Trinajstić information content (AvgIpc) is 2.72. The minimum Gasteiger partial charge on any atom is -0.431 e. The molecule has 0 aliphatic carbocycles. The maximum absolute atomic E-state index is 9.64. The lowest BCUT2D eigenvalue weighted by atomic mass is 10.0. The van der Waals surface area contributed by atoms with Crippen LogP contribution in [0.25, 0.3) is 0 Å². The number of esters is 1. The molecule has 1 heterocycles. The SMILES string of the molecule is CCCCCCCCCCCCCCCCCC[Si](C)(C)OC(O)CC.O=C1C=CO1. The number of cyclic esters (lactones) is 1. The molecule has 0 saturated heterocycles. The Morgan fingerprint density at radius 1 is 0.806 bits per heavy atom. The number of hydrogen-bond donors (Lipinski definition) is 1. The Morgan fingerprint density at radius 3 is 1.45 bits per heavy atom. The van der Waals surface area contributed by atoms with Gasteiger partial charge in [-0.25, -0.2) is 4.79 Å². The highest BCUT2D eigenvalue weighted by atomic mass is 28.4. The number of unbranched alkanes of at least 4 members (excludes halogenated alkanes) is 15. The van der Waals surface area contributed by atoms with Crippen LogP contribution in [-0.2, 0) is 14.0 Å². The Labute approximate surface area is 194 Å². The highest BCUT2D eigenvalue weighted by Crippen LogP contribution is 2.19.